The fraction of sp³-hybridized carbons (Fsp3) is 0.238. The highest BCUT2D eigenvalue weighted by Crippen LogP contribution is 2.24. The number of benzene rings is 2. The van der Waals surface area contributed by atoms with Gasteiger partial charge in [0.15, 0.2) is 5.89 Å². The molecule has 0 aliphatic carbocycles. The standard InChI is InChI=1S/C21H22N2O2/c1-15-19(25-16(2)23-15)13-14-22-21(24)20(17-9-5-3-6-10-17)18-11-7-4-8-12-18/h3-12,20H,13-14H2,1-2H3,(H,22,24). The molecule has 128 valence electrons. The molecule has 0 radical (unpaired) electrons. The SMILES string of the molecule is Cc1nc(C)c(CCNC(=O)C(c2ccccc2)c2ccccc2)o1. The van der Waals surface area contributed by atoms with Gasteiger partial charge in [0, 0.05) is 19.9 Å². The molecule has 0 aliphatic rings. The molecule has 0 fully saturated rings. The predicted octanol–water partition coefficient (Wildman–Crippen LogP) is 3.78. The second-order valence-electron chi connectivity index (χ2n) is 6.04. The molecule has 0 atom stereocenters. The molecular weight excluding hydrogens is 312 g/mol. The quantitative estimate of drug-likeness (QED) is 0.746. The zero-order chi connectivity index (χ0) is 17.6. The molecule has 2 aromatic carbocycles. The summed E-state index contributed by atoms with van der Waals surface area (Å²) in [6.45, 7) is 4.27. The van der Waals surface area contributed by atoms with Crippen molar-refractivity contribution in [1.82, 2.24) is 10.3 Å². The van der Waals surface area contributed by atoms with Gasteiger partial charge >= 0.3 is 0 Å². The van der Waals surface area contributed by atoms with E-state index in [1.54, 1.807) is 0 Å². The summed E-state index contributed by atoms with van der Waals surface area (Å²) in [6, 6.07) is 19.7. The summed E-state index contributed by atoms with van der Waals surface area (Å²) in [4.78, 5) is 17.1. The summed E-state index contributed by atoms with van der Waals surface area (Å²) in [5.74, 6) is 1.16. The lowest BCUT2D eigenvalue weighted by Crippen LogP contribution is -2.31. The average Bonchev–Trinajstić information content (AvgIpc) is 2.94. The number of nitrogens with zero attached hydrogens (tertiary/aromatic N) is 1. The normalized spacial score (nSPS) is 10.8. The lowest BCUT2D eigenvalue weighted by atomic mass is 9.90. The van der Waals surface area contributed by atoms with Gasteiger partial charge in [0.25, 0.3) is 0 Å². The summed E-state index contributed by atoms with van der Waals surface area (Å²) in [6.07, 6.45) is 0.634. The zero-order valence-corrected chi connectivity index (χ0v) is 14.5. The van der Waals surface area contributed by atoms with Gasteiger partial charge in [0.1, 0.15) is 5.76 Å². The minimum atomic E-state index is -0.319. The van der Waals surface area contributed by atoms with Crippen molar-refractivity contribution in [2.45, 2.75) is 26.2 Å². The van der Waals surface area contributed by atoms with Gasteiger partial charge in [-0.3, -0.25) is 4.79 Å². The third-order valence-electron chi connectivity index (χ3n) is 4.18. The van der Waals surface area contributed by atoms with E-state index in [1.807, 2.05) is 74.5 Å². The number of rotatable bonds is 6. The van der Waals surface area contributed by atoms with Gasteiger partial charge in [-0.25, -0.2) is 4.98 Å². The van der Waals surface area contributed by atoms with Crippen LogP contribution >= 0.6 is 0 Å². The molecule has 0 spiro atoms. The Kier molecular flexibility index (Phi) is 5.29. The molecule has 0 unspecified atom stereocenters. The molecule has 1 heterocycles. The molecule has 1 amide bonds. The summed E-state index contributed by atoms with van der Waals surface area (Å²) < 4.78 is 5.56. The molecule has 3 rings (SSSR count). The van der Waals surface area contributed by atoms with E-state index < -0.39 is 0 Å². The van der Waals surface area contributed by atoms with Crippen molar-refractivity contribution < 1.29 is 9.21 Å². The van der Waals surface area contributed by atoms with Gasteiger partial charge in [0.2, 0.25) is 5.91 Å². The van der Waals surface area contributed by atoms with Gasteiger partial charge in [-0.1, -0.05) is 60.7 Å². The van der Waals surface area contributed by atoms with E-state index in [-0.39, 0.29) is 11.8 Å². The van der Waals surface area contributed by atoms with E-state index in [0.29, 0.717) is 18.9 Å². The third-order valence-corrected chi connectivity index (χ3v) is 4.18. The molecule has 0 saturated heterocycles. The maximum absolute atomic E-state index is 12.9. The highest BCUT2D eigenvalue weighted by Gasteiger charge is 2.22. The number of carbonyl (C=O) groups excluding carboxylic acids is 1. The van der Waals surface area contributed by atoms with Crippen LogP contribution in [0.1, 0.15) is 34.4 Å². The number of amides is 1. The number of oxazole rings is 1. The number of aryl methyl sites for hydroxylation is 2. The van der Waals surface area contributed by atoms with Crippen LogP contribution in [0.3, 0.4) is 0 Å². The van der Waals surface area contributed by atoms with E-state index in [2.05, 4.69) is 10.3 Å². The van der Waals surface area contributed by atoms with Gasteiger partial charge in [-0.05, 0) is 18.1 Å². The fourth-order valence-electron chi connectivity index (χ4n) is 2.99. The van der Waals surface area contributed by atoms with Crippen LogP contribution in [0.4, 0.5) is 0 Å². The first-order valence-corrected chi connectivity index (χ1v) is 8.45. The van der Waals surface area contributed by atoms with E-state index in [9.17, 15) is 4.79 Å². The maximum atomic E-state index is 12.9. The lowest BCUT2D eigenvalue weighted by Gasteiger charge is -2.17. The minimum absolute atomic E-state index is 0.00806. The second-order valence-corrected chi connectivity index (χ2v) is 6.04. The summed E-state index contributed by atoms with van der Waals surface area (Å²) in [5, 5.41) is 3.04. The molecule has 25 heavy (non-hydrogen) atoms. The van der Waals surface area contributed by atoms with E-state index >= 15 is 0 Å². The lowest BCUT2D eigenvalue weighted by molar-refractivity contribution is -0.121. The Hall–Kier alpha value is -2.88. The smallest absolute Gasteiger partial charge is 0.232 e. The Balaban J connectivity index is 1.72. The third kappa shape index (κ3) is 4.15. The van der Waals surface area contributed by atoms with Crippen LogP contribution < -0.4 is 5.32 Å². The molecular formula is C21H22N2O2. The second kappa shape index (κ2) is 7.79. The summed E-state index contributed by atoms with van der Waals surface area (Å²) in [7, 11) is 0. The number of hydrogen-bond donors (Lipinski definition) is 1. The summed E-state index contributed by atoms with van der Waals surface area (Å²) in [5.41, 5.74) is 2.85. The van der Waals surface area contributed by atoms with Crippen molar-refractivity contribution in [1.29, 1.82) is 0 Å². The predicted molar refractivity (Wildman–Crippen MR) is 97.4 cm³/mol. The molecule has 4 heteroatoms. The van der Waals surface area contributed by atoms with Gasteiger partial charge in [-0.15, -0.1) is 0 Å². The largest absolute Gasteiger partial charge is 0.446 e. The van der Waals surface area contributed by atoms with Crippen molar-refractivity contribution in [3.8, 4) is 0 Å². The van der Waals surface area contributed by atoms with Crippen molar-refractivity contribution in [3.63, 3.8) is 0 Å². The first-order chi connectivity index (χ1) is 12.1. The van der Waals surface area contributed by atoms with Crippen molar-refractivity contribution in [3.05, 3.63) is 89.1 Å². The van der Waals surface area contributed by atoms with Crippen LogP contribution in [0.2, 0.25) is 0 Å². The molecule has 3 aromatic rings. The Morgan fingerprint density at radius 3 is 2.04 bits per heavy atom. The van der Waals surface area contributed by atoms with E-state index in [4.69, 9.17) is 4.42 Å². The van der Waals surface area contributed by atoms with Crippen molar-refractivity contribution in [2.75, 3.05) is 6.54 Å². The molecule has 0 bridgehead atoms. The monoisotopic (exact) mass is 334 g/mol. The molecule has 0 aliphatic heterocycles. The Labute approximate surface area is 147 Å². The van der Waals surface area contributed by atoms with Crippen LogP contribution in [0.5, 0.6) is 0 Å². The van der Waals surface area contributed by atoms with Crippen LogP contribution in [0.15, 0.2) is 65.1 Å². The van der Waals surface area contributed by atoms with Crippen LogP contribution in [0, 0.1) is 13.8 Å². The number of aromatic nitrogens is 1. The minimum Gasteiger partial charge on any atom is -0.446 e. The Morgan fingerprint density at radius 2 is 1.56 bits per heavy atom. The number of hydrogen-bond acceptors (Lipinski definition) is 3. The highest BCUT2D eigenvalue weighted by atomic mass is 16.4. The van der Waals surface area contributed by atoms with E-state index in [0.717, 1.165) is 22.6 Å². The van der Waals surface area contributed by atoms with Gasteiger partial charge in [-0.2, -0.15) is 0 Å². The average molecular weight is 334 g/mol. The van der Waals surface area contributed by atoms with Crippen LogP contribution in [0.25, 0.3) is 0 Å². The molecule has 1 aromatic heterocycles. The van der Waals surface area contributed by atoms with E-state index in [1.165, 1.54) is 0 Å². The topological polar surface area (TPSA) is 55.1 Å². The zero-order valence-electron chi connectivity index (χ0n) is 14.5. The first kappa shape index (κ1) is 17.0. The van der Waals surface area contributed by atoms with Crippen molar-refractivity contribution >= 4 is 5.91 Å². The molecule has 1 N–H and O–H groups in total. The Morgan fingerprint density at radius 1 is 1.00 bits per heavy atom. The first-order valence-electron chi connectivity index (χ1n) is 8.45. The molecule has 4 nitrogen and oxygen atoms in total. The summed E-state index contributed by atoms with van der Waals surface area (Å²) >= 11 is 0. The van der Waals surface area contributed by atoms with Crippen LogP contribution in [-0.2, 0) is 11.2 Å². The molecule has 0 saturated carbocycles. The highest BCUT2D eigenvalue weighted by molar-refractivity contribution is 5.87. The maximum Gasteiger partial charge on any atom is 0.232 e. The van der Waals surface area contributed by atoms with Crippen LogP contribution in [-0.4, -0.2) is 17.4 Å². The number of carbonyl (C=O) groups is 1. The van der Waals surface area contributed by atoms with Gasteiger partial charge in [0.05, 0.1) is 11.6 Å². The van der Waals surface area contributed by atoms with Gasteiger partial charge < -0.3 is 9.73 Å². The van der Waals surface area contributed by atoms with Crippen molar-refractivity contribution in [2.24, 2.45) is 0 Å². The fourth-order valence-corrected chi connectivity index (χ4v) is 2.99. The Bertz CT molecular complexity index is 786. The number of nitrogens with one attached hydrogen (secondary N) is 1.